The second-order valence-electron chi connectivity index (χ2n) is 6.19. The van der Waals surface area contributed by atoms with Gasteiger partial charge >= 0.3 is 11.7 Å². The second kappa shape index (κ2) is 9.01. The highest BCUT2D eigenvalue weighted by molar-refractivity contribution is 5.97. The number of rotatable bonds is 9. The minimum Gasteiger partial charge on any atom is -0.457 e. The lowest BCUT2D eigenvalue weighted by molar-refractivity contribution is -0.142. The van der Waals surface area contributed by atoms with Crippen LogP contribution in [0.5, 0.6) is 0 Å². The molecular weight excluding hydrogens is 320 g/mol. The highest BCUT2D eigenvalue weighted by Crippen LogP contribution is 2.09. The van der Waals surface area contributed by atoms with Gasteiger partial charge in [-0.25, -0.2) is 4.79 Å². The van der Waals surface area contributed by atoms with Crippen LogP contribution in [0.4, 0.5) is 0 Å². The molecule has 25 heavy (non-hydrogen) atoms. The zero-order valence-electron chi connectivity index (χ0n) is 14.7. The minimum absolute atomic E-state index is 0.186. The Morgan fingerprint density at radius 3 is 2.36 bits per heavy atom. The summed E-state index contributed by atoms with van der Waals surface area (Å²) in [5, 5.41) is 0. The maximum Gasteiger partial charge on any atom is 0.323 e. The van der Waals surface area contributed by atoms with Gasteiger partial charge < -0.3 is 14.7 Å². The molecule has 0 saturated heterocycles. The molecule has 0 aliphatic rings. The molecule has 0 bridgehead atoms. The van der Waals surface area contributed by atoms with Crippen LogP contribution in [0.2, 0.25) is 0 Å². The van der Waals surface area contributed by atoms with Crippen molar-refractivity contribution in [3.63, 3.8) is 0 Å². The number of Topliss-reactive ketones (excluding diaryl/α,β-unsaturated/α-hetero) is 1. The van der Waals surface area contributed by atoms with Crippen molar-refractivity contribution in [1.82, 2.24) is 9.97 Å². The molecule has 0 radical (unpaired) electrons. The van der Waals surface area contributed by atoms with Gasteiger partial charge in [0.2, 0.25) is 0 Å². The molecule has 0 fully saturated rings. The Hall–Kier alpha value is -2.63. The predicted octanol–water partition coefficient (Wildman–Crippen LogP) is 2.85. The molecule has 2 aromatic rings. The van der Waals surface area contributed by atoms with Crippen LogP contribution in [-0.2, 0) is 16.0 Å². The van der Waals surface area contributed by atoms with E-state index in [0.717, 1.165) is 36.2 Å². The fraction of sp³-hybridized carbons (Fsp3) is 0.421. The van der Waals surface area contributed by atoms with E-state index in [9.17, 15) is 14.4 Å². The van der Waals surface area contributed by atoms with Gasteiger partial charge in [-0.05, 0) is 33.1 Å². The van der Waals surface area contributed by atoms with Crippen LogP contribution in [0, 0.1) is 13.8 Å². The SMILES string of the molecule is Cc1ccc(C(=O)COC(=O)CCCCCc2[nH]c(=O)[nH]c2C)cc1. The predicted molar refractivity (Wildman–Crippen MR) is 94.8 cm³/mol. The first-order chi connectivity index (χ1) is 12.0. The number of nitrogens with one attached hydrogen (secondary N) is 2. The van der Waals surface area contributed by atoms with Crippen molar-refractivity contribution in [3.8, 4) is 0 Å². The number of imidazole rings is 1. The number of unbranched alkanes of at least 4 members (excludes halogenated alkanes) is 2. The van der Waals surface area contributed by atoms with Crippen LogP contribution >= 0.6 is 0 Å². The van der Waals surface area contributed by atoms with Crippen molar-refractivity contribution >= 4 is 11.8 Å². The molecule has 0 aliphatic carbocycles. The fourth-order valence-corrected chi connectivity index (χ4v) is 2.55. The molecule has 1 heterocycles. The molecular formula is C19H24N2O4. The Bertz CT molecular complexity index is 771. The van der Waals surface area contributed by atoms with Crippen molar-refractivity contribution in [2.45, 2.75) is 46.0 Å². The standard InChI is InChI=1S/C19H24N2O4/c1-13-8-10-15(11-9-13)17(22)12-25-18(23)7-5-3-4-6-16-14(2)20-19(24)21-16/h8-11H,3-7,12H2,1-2H3,(H2,20,21,24). The number of carbonyl (C=O) groups is 2. The smallest absolute Gasteiger partial charge is 0.323 e. The van der Waals surface area contributed by atoms with Gasteiger partial charge in [0.1, 0.15) is 0 Å². The quantitative estimate of drug-likeness (QED) is 0.416. The van der Waals surface area contributed by atoms with Gasteiger partial charge in [-0.15, -0.1) is 0 Å². The third-order valence-corrected chi connectivity index (χ3v) is 4.06. The number of ketones is 1. The summed E-state index contributed by atoms with van der Waals surface area (Å²) in [7, 11) is 0. The molecule has 0 amide bonds. The van der Waals surface area contributed by atoms with Crippen LogP contribution in [0.1, 0.15) is 53.0 Å². The van der Waals surface area contributed by atoms with Crippen molar-refractivity contribution in [3.05, 3.63) is 57.3 Å². The summed E-state index contributed by atoms with van der Waals surface area (Å²) in [6.07, 6.45) is 3.50. The average molecular weight is 344 g/mol. The van der Waals surface area contributed by atoms with E-state index < -0.39 is 0 Å². The number of benzene rings is 1. The molecule has 1 aromatic carbocycles. The summed E-state index contributed by atoms with van der Waals surface area (Å²) in [5.74, 6) is -0.549. The molecule has 0 atom stereocenters. The third kappa shape index (κ3) is 6.06. The largest absolute Gasteiger partial charge is 0.457 e. The minimum atomic E-state index is -0.355. The number of aromatic nitrogens is 2. The van der Waals surface area contributed by atoms with Crippen LogP contribution in [0.15, 0.2) is 29.1 Å². The topological polar surface area (TPSA) is 92.0 Å². The van der Waals surface area contributed by atoms with E-state index in [1.54, 1.807) is 12.1 Å². The number of aromatic amines is 2. The third-order valence-electron chi connectivity index (χ3n) is 4.06. The molecule has 0 spiro atoms. The molecule has 0 unspecified atom stereocenters. The van der Waals surface area contributed by atoms with Gasteiger partial charge in [0.05, 0.1) is 0 Å². The summed E-state index contributed by atoms with van der Waals surface area (Å²) in [6, 6.07) is 7.18. The highest BCUT2D eigenvalue weighted by Gasteiger charge is 2.10. The van der Waals surface area contributed by atoms with Gasteiger partial charge in [-0.3, -0.25) is 9.59 Å². The first-order valence-corrected chi connectivity index (χ1v) is 8.49. The van der Waals surface area contributed by atoms with Gasteiger partial charge in [-0.2, -0.15) is 0 Å². The van der Waals surface area contributed by atoms with Crippen LogP contribution in [-0.4, -0.2) is 28.3 Å². The van der Waals surface area contributed by atoms with E-state index in [0.29, 0.717) is 18.4 Å². The Balaban J connectivity index is 1.60. The summed E-state index contributed by atoms with van der Waals surface area (Å²) in [5.41, 5.74) is 3.21. The van der Waals surface area contributed by atoms with E-state index >= 15 is 0 Å². The number of H-pyrrole nitrogens is 2. The maximum atomic E-state index is 11.9. The fourth-order valence-electron chi connectivity index (χ4n) is 2.55. The van der Waals surface area contributed by atoms with Crippen molar-refractivity contribution < 1.29 is 14.3 Å². The van der Waals surface area contributed by atoms with E-state index in [1.807, 2.05) is 26.0 Å². The molecule has 0 saturated carbocycles. The lowest BCUT2D eigenvalue weighted by Gasteiger charge is -2.05. The lowest BCUT2D eigenvalue weighted by Crippen LogP contribution is -2.14. The van der Waals surface area contributed by atoms with Crippen LogP contribution in [0.25, 0.3) is 0 Å². The van der Waals surface area contributed by atoms with Crippen LogP contribution < -0.4 is 5.69 Å². The number of hydrogen-bond acceptors (Lipinski definition) is 4. The number of carbonyl (C=O) groups excluding carboxylic acids is 2. The summed E-state index contributed by atoms with van der Waals surface area (Å²) in [4.78, 5) is 40.2. The lowest BCUT2D eigenvalue weighted by atomic mass is 10.1. The Morgan fingerprint density at radius 2 is 1.72 bits per heavy atom. The number of aryl methyl sites for hydroxylation is 3. The van der Waals surface area contributed by atoms with Gasteiger partial charge in [0.25, 0.3) is 0 Å². The monoisotopic (exact) mass is 344 g/mol. The number of ether oxygens (including phenoxy) is 1. The summed E-state index contributed by atoms with van der Waals surface area (Å²) < 4.78 is 5.03. The zero-order chi connectivity index (χ0) is 18.2. The highest BCUT2D eigenvalue weighted by atomic mass is 16.5. The van der Waals surface area contributed by atoms with Gasteiger partial charge in [-0.1, -0.05) is 36.2 Å². The van der Waals surface area contributed by atoms with E-state index in [1.165, 1.54) is 0 Å². The van der Waals surface area contributed by atoms with E-state index in [4.69, 9.17) is 4.74 Å². The Morgan fingerprint density at radius 1 is 1.00 bits per heavy atom. The molecule has 0 aliphatic heterocycles. The van der Waals surface area contributed by atoms with Crippen molar-refractivity contribution in [2.24, 2.45) is 0 Å². The molecule has 2 rings (SSSR count). The average Bonchev–Trinajstić information content (AvgIpc) is 2.90. The van der Waals surface area contributed by atoms with E-state index in [-0.39, 0.29) is 24.0 Å². The Labute approximate surface area is 146 Å². The van der Waals surface area contributed by atoms with Crippen LogP contribution in [0.3, 0.4) is 0 Å². The summed E-state index contributed by atoms with van der Waals surface area (Å²) >= 11 is 0. The Kier molecular flexibility index (Phi) is 6.74. The molecule has 134 valence electrons. The molecule has 1 aromatic heterocycles. The molecule has 6 nitrogen and oxygen atoms in total. The maximum absolute atomic E-state index is 11.9. The second-order valence-corrected chi connectivity index (χ2v) is 6.19. The molecule has 2 N–H and O–H groups in total. The molecule has 6 heteroatoms. The first kappa shape index (κ1) is 18.7. The first-order valence-electron chi connectivity index (χ1n) is 8.49. The van der Waals surface area contributed by atoms with Gasteiger partial charge in [0.15, 0.2) is 12.4 Å². The zero-order valence-corrected chi connectivity index (χ0v) is 14.7. The van der Waals surface area contributed by atoms with E-state index in [2.05, 4.69) is 9.97 Å². The van der Waals surface area contributed by atoms with Gasteiger partial charge in [0, 0.05) is 23.4 Å². The van der Waals surface area contributed by atoms with Crippen molar-refractivity contribution in [2.75, 3.05) is 6.61 Å². The number of esters is 1. The van der Waals surface area contributed by atoms with Crippen molar-refractivity contribution in [1.29, 1.82) is 0 Å². The normalized spacial score (nSPS) is 10.6. The number of hydrogen-bond donors (Lipinski definition) is 2. The summed E-state index contributed by atoms with van der Waals surface area (Å²) in [6.45, 7) is 3.59.